The van der Waals surface area contributed by atoms with Crippen molar-refractivity contribution in [1.29, 1.82) is 0 Å². The van der Waals surface area contributed by atoms with Crippen molar-refractivity contribution in [2.75, 3.05) is 13.1 Å². The molecule has 4 rings (SSSR count). The van der Waals surface area contributed by atoms with Crippen molar-refractivity contribution < 1.29 is 9.18 Å². The van der Waals surface area contributed by atoms with Crippen LogP contribution in [0.4, 0.5) is 4.39 Å². The summed E-state index contributed by atoms with van der Waals surface area (Å²) in [5.74, 6) is 1.15. The van der Waals surface area contributed by atoms with E-state index < -0.39 is 0 Å². The molecule has 2 aliphatic rings. The molecule has 1 saturated heterocycles. The first-order valence-electron chi connectivity index (χ1n) is 8.24. The molecule has 0 unspecified atom stereocenters. The first-order valence-corrected chi connectivity index (χ1v) is 9.03. The van der Waals surface area contributed by atoms with Gasteiger partial charge in [-0.1, -0.05) is 15.9 Å². The number of carbonyl (C=O) groups excluding carboxylic acids is 1. The Morgan fingerprint density at radius 2 is 2.17 bits per heavy atom. The van der Waals surface area contributed by atoms with Gasteiger partial charge in [0.15, 0.2) is 5.82 Å². The van der Waals surface area contributed by atoms with Crippen LogP contribution in [-0.4, -0.2) is 38.7 Å². The molecule has 24 heavy (non-hydrogen) atoms. The Morgan fingerprint density at radius 1 is 1.33 bits per heavy atom. The van der Waals surface area contributed by atoms with Crippen LogP contribution in [0.15, 0.2) is 29.0 Å². The first kappa shape index (κ1) is 15.7. The minimum Gasteiger partial charge on any atom is -0.342 e. The lowest BCUT2D eigenvalue weighted by molar-refractivity contribution is -0.131. The van der Waals surface area contributed by atoms with Crippen LogP contribution >= 0.6 is 15.9 Å². The summed E-state index contributed by atoms with van der Waals surface area (Å²) < 4.78 is 16.8. The summed E-state index contributed by atoms with van der Waals surface area (Å²) in [5.41, 5.74) is 0.444. The largest absolute Gasteiger partial charge is 0.342 e. The molecule has 1 aromatic carbocycles. The fraction of sp³-hybridized carbons (Fsp3) is 0.471. The van der Waals surface area contributed by atoms with Crippen molar-refractivity contribution in [3.8, 4) is 11.4 Å². The lowest BCUT2D eigenvalue weighted by Crippen LogP contribution is -2.30. The number of rotatable bonds is 4. The van der Waals surface area contributed by atoms with Gasteiger partial charge in [-0.05, 0) is 43.4 Å². The average Bonchev–Trinajstić information content (AvgIpc) is 3.14. The van der Waals surface area contributed by atoms with Crippen molar-refractivity contribution in [3.05, 3.63) is 34.8 Å². The van der Waals surface area contributed by atoms with Crippen molar-refractivity contribution in [2.45, 2.75) is 25.8 Å². The number of aromatic nitrogens is 3. The SMILES string of the molecule is O=C(C1CC1)N1CC[C@@H](Cn2cnnc2-c2ccc(Br)cc2F)C1. The number of amides is 1. The van der Waals surface area contributed by atoms with Crippen LogP contribution in [0, 0.1) is 17.7 Å². The second-order valence-electron chi connectivity index (χ2n) is 6.64. The summed E-state index contributed by atoms with van der Waals surface area (Å²) >= 11 is 3.27. The molecule has 2 aromatic rings. The topological polar surface area (TPSA) is 51.0 Å². The van der Waals surface area contributed by atoms with Gasteiger partial charge in [-0.15, -0.1) is 10.2 Å². The first-order chi connectivity index (χ1) is 11.6. The van der Waals surface area contributed by atoms with Crippen molar-refractivity contribution in [1.82, 2.24) is 19.7 Å². The maximum atomic E-state index is 14.2. The highest BCUT2D eigenvalue weighted by Crippen LogP contribution is 2.33. The Morgan fingerprint density at radius 3 is 2.92 bits per heavy atom. The third-order valence-corrected chi connectivity index (χ3v) is 5.26. The Hall–Kier alpha value is -1.76. The Bertz CT molecular complexity index is 774. The van der Waals surface area contributed by atoms with E-state index in [1.54, 1.807) is 18.5 Å². The van der Waals surface area contributed by atoms with E-state index in [4.69, 9.17) is 0 Å². The summed E-state index contributed by atoms with van der Waals surface area (Å²) in [6.07, 6.45) is 4.69. The van der Waals surface area contributed by atoms with Gasteiger partial charge in [0.25, 0.3) is 0 Å². The molecule has 0 N–H and O–H groups in total. The number of hydrogen-bond donors (Lipinski definition) is 0. The fourth-order valence-corrected chi connectivity index (χ4v) is 3.65. The van der Waals surface area contributed by atoms with Crippen molar-refractivity contribution >= 4 is 21.8 Å². The van der Waals surface area contributed by atoms with Crippen molar-refractivity contribution in [2.24, 2.45) is 11.8 Å². The van der Waals surface area contributed by atoms with E-state index in [1.165, 1.54) is 6.07 Å². The van der Waals surface area contributed by atoms with Crippen LogP contribution in [0.2, 0.25) is 0 Å². The predicted molar refractivity (Wildman–Crippen MR) is 90.5 cm³/mol. The highest BCUT2D eigenvalue weighted by molar-refractivity contribution is 9.10. The third-order valence-electron chi connectivity index (χ3n) is 4.77. The van der Waals surface area contributed by atoms with Gasteiger partial charge in [-0.25, -0.2) is 4.39 Å². The zero-order valence-corrected chi connectivity index (χ0v) is 14.7. The van der Waals surface area contributed by atoms with Crippen LogP contribution in [0.1, 0.15) is 19.3 Å². The summed E-state index contributed by atoms with van der Waals surface area (Å²) in [7, 11) is 0. The van der Waals surface area contributed by atoms with Gasteiger partial charge in [0.1, 0.15) is 12.1 Å². The molecule has 0 bridgehead atoms. The van der Waals surface area contributed by atoms with E-state index in [1.807, 2.05) is 9.47 Å². The highest BCUT2D eigenvalue weighted by Gasteiger charge is 2.36. The normalized spacial score (nSPS) is 20.6. The molecule has 7 heteroatoms. The fourth-order valence-electron chi connectivity index (χ4n) is 3.32. The third kappa shape index (κ3) is 3.09. The lowest BCUT2D eigenvalue weighted by Gasteiger charge is -2.17. The molecule has 1 saturated carbocycles. The monoisotopic (exact) mass is 392 g/mol. The quantitative estimate of drug-likeness (QED) is 0.802. The summed E-state index contributed by atoms with van der Waals surface area (Å²) in [6.45, 7) is 2.30. The molecule has 0 spiro atoms. The zero-order chi connectivity index (χ0) is 16.7. The second-order valence-corrected chi connectivity index (χ2v) is 7.56. The van der Waals surface area contributed by atoms with Crippen LogP contribution in [0.3, 0.4) is 0 Å². The second kappa shape index (κ2) is 6.27. The number of hydrogen-bond acceptors (Lipinski definition) is 3. The lowest BCUT2D eigenvalue weighted by atomic mass is 10.1. The molecule has 0 radical (unpaired) electrons. The molecule has 1 aromatic heterocycles. The van der Waals surface area contributed by atoms with E-state index in [9.17, 15) is 9.18 Å². The van der Waals surface area contributed by atoms with E-state index in [0.717, 1.165) is 32.4 Å². The minimum atomic E-state index is -0.324. The van der Waals surface area contributed by atoms with Gasteiger partial charge in [0, 0.05) is 30.0 Å². The zero-order valence-electron chi connectivity index (χ0n) is 13.2. The van der Waals surface area contributed by atoms with Gasteiger partial charge in [0.05, 0.1) is 5.56 Å². The van der Waals surface area contributed by atoms with E-state index >= 15 is 0 Å². The molecule has 126 valence electrons. The molecule has 5 nitrogen and oxygen atoms in total. The van der Waals surface area contributed by atoms with Gasteiger partial charge >= 0.3 is 0 Å². The maximum Gasteiger partial charge on any atom is 0.225 e. The van der Waals surface area contributed by atoms with Gasteiger partial charge < -0.3 is 9.47 Å². The van der Waals surface area contributed by atoms with E-state index in [2.05, 4.69) is 26.1 Å². The average molecular weight is 393 g/mol. The molecular weight excluding hydrogens is 375 g/mol. The molecule has 1 aliphatic carbocycles. The van der Waals surface area contributed by atoms with Gasteiger partial charge in [0.2, 0.25) is 5.91 Å². The minimum absolute atomic E-state index is 0.270. The number of benzene rings is 1. The van der Waals surface area contributed by atoms with Crippen LogP contribution < -0.4 is 0 Å². The number of likely N-dealkylation sites (tertiary alicyclic amines) is 1. The Kier molecular flexibility index (Phi) is 4.12. The number of halogens is 2. The molecule has 2 heterocycles. The summed E-state index contributed by atoms with van der Waals surface area (Å²) in [6, 6.07) is 4.93. The number of nitrogens with zero attached hydrogens (tertiary/aromatic N) is 4. The van der Waals surface area contributed by atoms with Gasteiger partial charge in [-0.2, -0.15) is 0 Å². The van der Waals surface area contributed by atoms with Crippen molar-refractivity contribution in [3.63, 3.8) is 0 Å². The van der Waals surface area contributed by atoms with Crippen LogP contribution in [-0.2, 0) is 11.3 Å². The predicted octanol–water partition coefficient (Wildman–Crippen LogP) is 3.11. The molecule has 1 atom stereocenters. The number of carbonyl (C=O) groups is 1. The summed E-state index contributed by atoms with van der Waals surface area (Å²) in [5, 5.41) is 8.04. The standard InChI is InChI=1S/C17H18BrFN4O/c18-13-3-4-14(15(19)7-13)16-21-20-10-23(16)9-11-5-6-22(8-11)17(24)12-1-2-12/h3-4,7,10-12H,1-2,5-6,8-9H2/t11-/m1/s1. The molecule has 2 fully saturated rings. The molecule has 1 aliphatic heterocycles. The van der Waals surface area contributed by atoms with Crippen LogP contribution in [0.5, 0.6) is 0 Å². The Balaban J connectivity index is 1.48. The van der Waals surface area contributed by atoms with E-state index in [-0.39, 0.29) is 11.7 Å². The molecular formula is C17H18BrFN4O. The van der Waals surface area contributed by atoms with E-state index in [0.29, 0.717) is 34.2 Å². The maximum absolute atomic E-state index is 14.2. The summed E-state index contributed by atoms with van der Waals surface area (Å²) in [4.78, 5) is 14.1. The van der Waals surface area contributed by atoms with Crippen LogP contribution in [0.25, 0.3) is 11.4 Å². The smallest absolute Gasteiger partial charge is 0.225 e. The Labute approximate surface area is 148 Å². The highest BCUT2D eigenvalue weighted by atomic mass is 79.9. The molecule has 1 amide bonds. The van der Waals surface area contributed by atoms with Gasteiger partial charge in [-0.3, -0.25) is 4.79 Å².